The Balaban J connectivity index is 1.61. The van der Waals surface area contributed by atoms with Crippen molar-refractivity contribution in [1.29, 1.82) is 0 Å². The van der Waals surface area contributed by atoms with Crippen molar-refractivity contribution in [2.24, 2.45) is 5.10 Å². The van der Waals surface area contributed by atoms with E-state index in [1.54, 1.807) is 6.92 Å². The fourth-order valence-electron chi connectivity index (χ4n) is 4.28. The summed E-state index contributed by atoms with van der Waals surface area (Å²) in [6.07, 6.45) is 2.06. The first-order valence-electron chi connectivity index (χ1n) is 9.07. The molecule has 140 valence electrons. The van der Waals surface area contributed by atoms with Crippen LogP contribution in [-0.2, 0) is 15.1 Å². The van der Waals surface area contributed by atoms with Crippen LogP contribution >= 0.6 is 0 Å². The first-order chi connectivity index (χ1) is 12.9. The number of aromatic nitrogens is 1. The summed E-state index contributed by atoms with van der Waals surface area (Å²) < 4.78 is 8.11. The fourth-order valence-corrected chi connectivity index (χ4v) is 4.28. The minimum absolute atomic E-state index is 0.101. The van der Waals surface area contributed by atoms with Crippen LogP contribution in [0.3, 0.4) is 0 Å². The summed E-state index contributed by atoms with van der Waals surface area (Å²) in [5.74, 6) is 1.42. The molecule has 2 amide bonds. The van der Waals surface area contributed by atoms with Crippen LogP contribution in [0, 0.1) is 0 Å². The maximum Gasteiger partial charge on any atom is 0.262 e. The number of benzene rings is 1. The Bertz CT molecular complexity index is 1020. The van der Waals surface area contributed by atoms with Crippen molar-refractivity contribution in [1.82, 2.24) is 14.9 Å². The number of hydrogen-bond donors (Lipinski definition) is 1. The standard InChI is InChI=1S/C19H21N5O3/c1-11-18(26)21-20-17-8-27-16-6-13-4-5-23(14(13)7-15(16)24(11)17)19(3)9-22(10-19)12(2)25/h4-7,11H,8-10H2,1-3H3,(H,21,26)/t11-/m1/s1. The van der Waals surface area contributed by atoms with Crippen LogP contribution in [0.15, 0.2) is 29.5 Å². The van der Waals surface area contributed by atoms with Gasteiger partial charge in [-0.3, -0.25) is 9.59 Å². The summed E-state index contributed by atoms with van der Waals surface area (Å²) in [5, 5.41) is 5.22. The zero-order valence-electron chi connectivity index (χ0n) is 15.5. The average Bonchev–Trinajstić information content (AvgIpc) is 3.03. The summed E-state index contributed by atoms with van der Waals surface area (Å²) in [7, 11) is 0. The zero-order valence-corrected chi connectivity index (χ0v) is 15.5. The van der Waals surface area contributed by atoms with E-state index in [0.717, 1.165) is 22.3 Å². The molecule has 2 aromatic rings. The SMILES string of the molecule is CC(=O)N1CC(C)(n2ccc3cc4c(cc32)N2C(=NNC(=O)[C@H]2C)CO4)C1. The second-order valence-electron chi connectivity index (χ2n) is 7.78. The molecule has 0 saturated carbocycles. The lowest BCUT2D eigenvalue weighted by molar-refractivity contribution is -0.138. The molecule has 0 unspecified atom stereocenters. The molecule has 0 spiro atoms. The highest BCUT2D eigenvalue weighted by molar-refractivity contribution is 6.10. The molecule has 1 aromatic heterocycles. The van der Waals surface area contributed by atoms with Crippen LogP contribution in [0.2, 0.25) is 0 Å². The molecule has 1 fully saturated rings. The molecule has 0 aliphatic carbocycles. The van der Waals surface area contributed by atoms with Gasteiger partial charge in [-0.2, -0.15) is 5.10 Å². The van der Waals surface area contributed by atoms with Crippen LogP contribution in [0.25, 0.3) is 10.9 Å². The number of amides is 2. The Kier molecular flexibility index (Phi) is 3.14. The van der Waals surface area contributed by atoms with Crippen LogP contribution in [0.1, 0.15) is 20.8 Å². The van der Waals surface area contributed by atoms with Gasteiger partial charge < -0.3 is 19.1 Å². The van der Waals surface area contributed by atoms with Gasteiger partial charge in [0.15, 0.2) is 5.84 Å². The number of carbonyl (C=O) groups excluding carboxylic acids is 2. The number of carbonyl (C=O) groups is 2. The fraction of sp³-hybridized carbons (Fsp3) is 0.421. The maximum absolute atomic E-state index is 12.1. The highest BCUT2D eigenvalue weighted by Gasteiger charge is 2.42. The molecule has 1 aromatic carbocycles. The molecule has 27 heavy (non-hydrogen) atoms. The Hall–Kier alpha value is -3.03. The van der Waals surface area contributed by atoms with E-state index in [2.05, 4.69) is 40.3 Å². The van der Waals surface area contributed by atoms with Gasteiger partial charge in [0, 0.05) is 31.6 Å². The van der Waals surface area contributed by atoms with E-state index in [1.165, 1.54) is 0 Å². The number of rotatable bonds is 1. The topological polar surface area (TPSA) is 79.2 Å². The van der Waals surface area contributed by atoms with Crippen molar-refractivity contribution in [3.63, 3.8) is 0 Å². The van der Waals surface area contributed by atoms with Gasteiger partial charge in [0.25, 0.3) is 5.91 Å². The number of nitrogens with one attached hydrogen (secondary N) is 1. The van der Waals surface area contributed by atoms with Crippen molar-refractivity contribution in [3.05, 3.63) is 24.4 Å². The van der Waals surface area contributed by atoms with E-state index < -0.39 is 0 Å². The lowest BCUT2D eigenvalue weighted by Crippen LogP contribution is -2.61. The van der Waals surface area contributed by atoms with Gasteiger partial charge in [0.1, 0.15) is 18.4 Å². The molecule has 1 N–H and O–H groups in total. The number of hydrogen-bond acceptors (Lipinski definition) is 5. The number of nitrogens with zero attached hydrogens (tertiary/aromatic N) is 4. The van der Waals surface area contributed by atoms with E-state index in [0.29, 0.717) is 25.5 Å². The summed E-state index contributed by atoms with van der Waals surface area (Å²) in [4.78, 5) is 27.5. The molecule has 3 aliphatic heterocycles. The van der Waals surface area contributed by atoms with Crippen LogP contribution in [0.5, 0.6) is 5.75 Å². The number of fused-ring (bicyclic) bond motifs is 4. The molecule has 5 rings (SSSR count). The third kappa shape index (κ3) is 2.19. The van der Waals surface area contributed by atoms with Gasteiger partial charge in [-0.05, 0) is 32.0 Å². The molecule has 1 atom stereocenters. The summed E-state index contributed by atoms with van der Waals surface area (Å²) >= 11 is 0. The molecule has 4 heterocycles. The normalized spacial score (nSPS) is 23.0. The van der Waals surface area contributed by atoms with E-state index in [4.69, 9.17) is 4.74 Å². The lowest BCUT2D eigenvalue weighted by atomic mass is 9.91. The molecular weight excluding hydrogens is 346 g/mol. The largest absolute Gasteiger partial charge is 0.483 e. The van der Waals surface area contributed by atoms with Gasteiger partial charge in [-0.15, -0.1) is 0 Å². The molecule has 3 aliphatic rings. The molecule has 1 saturated heterocycles. The van der Waals surface area contributed by atoms with E-state index in [9.17, 15) is 9.59 Å². The van der Waals surface area contributed by atoms with Crippen molar-refractivity contribution >= 4 is 34.2 Å². The number of ether oxygens (including phenoxy) is 1. The highest BCUT2D eigenvalue weighted by atomic mass is 16.5. The second kappa shape index (κ2) is 5.25. The Labute approximate surface area is 156 Å². The first-order valence-corrected chi connectivity index (χ1v) is 9.07. The predicted molar refractivity (Wildman–Crippen MR) is 101 cm³/mol. The molecular formula is C19H21N5O3. The van der Waals surface area contributed by atoms with Crippen molar-refractivity contribution < 1.29 is 14.3 Å². The molecule has 8 nitrogen and oxygen atoms in total. The minimum Gasteiger partial charge on any atom is -0.483 e. The Morgan fingerprint density at radius 3 is 2.89 bits per heavy atom. The van der Waals surface area contributed by atoms with Gasteiger partial charge in [-0.25, -0.2) is 5.43 Å². The minimum atomic E-state index is -0.353. The van der Waals surface area contributed by atoms with Gasteiger partial charge in [-0.1, -0.05) is 0 Å². The first kappa shape index (κ1) is 16.2. The summed E-state index contributed by atoms with van der Waals surface area (Å²) in [6.45, 7) is 7.33. The number of hydrazone groups is 1. The summed E-state index contributed by atoms with van der Waals surface area (Å²) in [6, 6.07) is 5.79. The predicted octanol–water partition coefficient (Wildman–Crippen LogP) is 1.25. The smallest absolute Gasteiger partial charge is 0.262 e. The number of amidine groups is 1. The highest BCUT2D eigenvalue weighted by Crippen LogP contribution is 2.41. The van der Waals surface area contributed by atoms with E-state index in [-0.39, 0.29) is 23.4 Å². The lowest BCUT2D eigenvalue weighted by Gasteiger charge is -2.49. The van der Waals surface area contributed by atoms with Crippen LogP contribution < -0.4 is 15.1 Å². The number of anilines is 1. The van der Waals surface area contributed by atoms with E-state index in [1.807, 2.05) is 22.8 Å². The Morgan fingerprint density at radius 2 is 2.15 bits per heavy atom. The van der Waals surface area contributed by atoms with Crippen molar-refractivity contribution in [2.45, 2.75) is 32.4 Å². The van der Waals surface area contributed by atoms with Gasteiger partial charge in [0.2, 0.25) is 5.91 Å². The van der Waals surface area contributed by atoms with Crippen LogP contribution in [-0.4, -0.2) is 52.9 Å². The maximum atomic E-state index is 12.1. The Morgan fingerprint density at radius 1 is 1.37 bits per heavy atom. The second-order valence-corrected chi connectivity index (χ2v) is 7.78. The third-order valence-electron chi connectivity index (χ3n) is 5.82. The van der Waals surface area contributed by atoms with E-state index >= 15 is 0 Å². The average molecular weight is 367 g/mol. The van der Waals surface area contributed by atoms with Gasteiger partial charge in [0.05, 0.1) is 16.7 Å². The molecule has 0 radical (unpaired) electrons. The molecule has 0 bridgehead atoms. The van der Waals surface area contributed by atoms with Crippen LogP contribution in [0.4, 0.5) is 5.69 Å². The summed E-state index contributed by atoms with van der Waals surface area (Å²) in [5.41, 5.74) is 4.31. The van der Waals surface area contributed by atoms with Gasteiger partial charge >= 0.3 is 0 Å². The van der Waals surface area contributed by atoms with Crippen molar-refractivity contribution in [2.75, 3.05) is 24.6 Å². The van der Waals surface area contributed by atoms with Crippen molar-refractivity contribution in [3.8, 4) is 5.75 Å². The molecule has 8 heteroatoms. The monoisotopic (exact) mass is 367 g/mol. The zero-order chi connectivity index (χ0) is 18.9. The quantitative estimate of drug-likeness (QED) is 0.823. The third-order valence-corrected chi connectivity index (χ3v) is 5.82. The number of likely N-dealkylation sites (tertiary alicyclic amines) is 1.